The molecule has 1 aliphatic rings. The fourth-order valence-corrected chi connectivity index (χ4v) is 2.83. The summed E-state index contributed by atoms with van der Waals surface area (Å²) in [5, 5.41) is 6.27. The number of rotatable bonds is 10. The van der Waals surface area contributed by atoms with Crippen LogP contribution in [-0.2, 0) is 9.53 Å². The molecule has 0 bridgehead atoms. The van der Waals surface area contributed by atoms with Gasteiger partial charge in [0.25, 0.3) is 0 Å². The van der Waals surface area contributed by atoms with Crippen molar-refractivity contribution < 1.29 is 9.53 Å². The number of ether oxygens (including phenoxy) is 1. The minimum Gasteiger partial charge on any atom is -0.383 e. The standard InChI is InChI=1S/C15H30N2O2.ClH/c1-3-14(12-13-6-4-5-7-13)15(18)17-9-8-16-10-11-19-2;/h13-14,16H,3-12H2,1-2H3,(H,17,18);1H. The molecule has 0 radical (unpaired) electrons. The fraction of sp³-hybridized carbons (Fsp3) is 0.933. The van der Waals surface area contributed by atoms with Gasteiger partial charge in [0.1, 0.15) is 0 Å². The highest BCUT2D eigenvalue weighted by atomic mass is 35.5. The van der Waals surface area contributed by atoms with Crippen LogP contribution in [0.1, 0.15) is 45.4 Å². The molecule has 0 saturated heterocycles. The average Bonchev–Trinajstić information content (AvgIpc) is 2.92. The first-order valence-electron chi connectivity index (χ1n) is 7.75. The van der Waals surface area contributed by atoms with Crippen molar-refractivity contribution >= 4 is 18.3 Å². The Morgan fingerprint density at radius 3 is 2.55 bits per heavy atom. The molecule has 0 aromatic heterocycles. The maximum Gasteiger partial charge on any atom is 0.223 e. The van der Waals surface area contributed by atoms with Crippen molar-refractivity contribution in [3.8, 4) is 0 Å². The third-order valence-electron chi connectivity index (χ3n) is 4.04. The summed E-state index contributed by atoms with van der Waals surface area (Å²) >= 11 is 0. The van der Waals surface area contributed by atoms with Crippen molar-refractivity contribution in [1.29, 1.82) is 0 Å². The summed E-state index contributed by atoms with van der Waals surface area (Å²) in [6.07, 6.45) is 7.39. The topological polar surface area (TPSA) is 50.4 Å². The normalized spacial score (nSPS) is 16.7. The molecule has 0 aromatic carbocycles. The van der Waals surface area contributed by atoms with Gasteiger partial charge in [0.15, 0.2) is 0 Å². The van der Waals surface area contributed by atoms with E-state index in [-0.39, 0.29) is 24.2 Å². The van der Waals surface area contributed by atoms with Crippen LogP contribution < -0.4 is 10.6 Å². The average molecular weight is 307 g/mol. The lowest BCUT2D eigenvalue weighted by molar-refractivity contribution is -0.125. The van der Waals surface area contributed by atoms with E-state index in [1.165, 1.54) is 25.7 Å². The van der Waals surface area contributed by atoms with Gasteiger partial charge in [0, 0.05) is 32.7 Å². The molecular formula is C15H31ClN2O2. The van der Waals surface area contributed by atoms with Crippen LogP contribution in [0.2, 0.25) is 0 Å². The molecule has 20 heavy (non-hydrogen) atoms. The van der Waals surface area contributed by atoms with Crippen molar-refractivity contribution in [3.63, 3.8) is 0 Å². The van der Waals surface area contributed by atoms with E-state index in [9.17, 15) is 4.79 Å². The van der Waals surface area contributed by atoms with Gasteiger partial charge < -0.3 is 15.4 Å². The van der Waals surface area contributed by atoms with Crippen LogP contribution in [0.3, 0.4) is 0 Å². The molecule has 1 saturated carbocycles. The van der Waals surface area contributed by atoms with E-state index in [4.69, 9.17) is 4.74 Å². The molecule has 1 amide bonds. The van der Waals surface area contributed by atoms with E-state index in [1.807, 2.05) is 0 Å². The van der Waals surface area contributed by atoms with E-state index in [2.05, 4.69) is 17.6 Å². The largest absolute Gasteiger partial charge is 0.383 e. The Bertz CT molecular complexity index is 246. The number of methoxy groups -OCH3 is 1. The van der Waals surface area contributed by atoms with Crippen molar-refractivity contribution in [1.82, 2.24) is 10.6 Å². The Labute approximate surface area is 129 Å². The van der Waals surface area contributed by atoms with Gasteiger partial charge in [-0.1, -0.05) is 32.6 Å². The number of hydrogen-bond acceptors (Lipinski definition) is 3. The summed E-state index contributed by atoms with van der Waals surface area (Å²) in [7, 11) is 1.69. The van der Waals surface area contributed by atoms with Crippen LogP contribution in [-0.4, -0.2) is 39.3 Å². The summed E-state index contributed by atoms with van der Waals surface area (Å²) in [5.41, 5.74) is 0. The molecule has 0 aromatic rings. The smallest absolute Gasteiger partial charge is 0.223 e. The minimum atomic E-state index is 0. The predicted octanol–water partition coefficient (Wildman–Crippen LogP) is 2.37. The lowest BCUT2D eigenvalue weighted by Gasteiger charge is -2.18. The Morgan fingerprint density at radius 1 is 1.25 bits per heavy atom. The number of nitrogens with one attached hydrogen (secondary N) is 2. The monoisotopic (exact) mass is 306 g/mol. The van der Waals surface area contributed by atoms with Crippen LogP contribution in [0.25, 0.3) is 0 Å². The molecule has 1 rings (SSSR count). The van der Waals surface area contributed by atoms with Gasteiger partial charge in [-0.05, 0) is 18.8 Å². The summed E-state index contributed by atoms with van der Waals surface area (Å²) in [4.78, 5) is 12.1. The number of hydrogen-bond donors (Lipinski definition) is 2. The summed E-state index contributed by atoms with van der Waals surface area (Å²) in [6, 6.07) is 0. The van der Waals surface area contributed by atoms with Crippen LogP contribution in [0.15, 0.2) is 0 Å². The molecular weight excluding hydrogens is 276 g/mol. The van der Waals surface area contributed by atoms with Crippen LogP contribution in [0, 0.1) is 11.8 Å². The number of carbonyl (C=O) groups is 1. The summed E-state index contributed by atoms with van der Waals surface area (Å²) in [5.74, 6) is 1.24. The van der Waals surface area contributed by atoms with E-state index < -0.39 is 0 Å². The molecule has 120 valence electrons. The van der Waals surface area contributed by atoms with Crippen molar-refractivity contribution in [3.05, 3.63) is 0 Å². The Balaban J connectivity index is 0.00000361. The Kier molecular flexibility index (Phi) is 12.2. The first-order chi connectivity index (χ1) is 9.27. The first-order valence-corrected chi connectivity index (χ1v) is 7.75. The van der Waals surface area contributed by atoms with Gasteiger partial charge in [-0.25, -0.2) is 0 Å². The first kappa shape index (κ1) is 19.7. The lowest BCUT2D eigenvalue weighted by atomic mass is 9.91. The van der Waals surface area contributed by atoms with Crippen molar-refractivity contribution in [2.45, 2.75) is 45.4 Å². The molecule has 1 aliphatic carbocycles. The van der Waals surface area contributed by atoms with Crippen LogP contribution in [0.4, 0.5) is 0 Å². The highest BCUT2D eigenvalue weighted by Gasteiger charge is 2.23. The molecule has 1 unspecified atom stereocenters. The second-order valence-electron chi connectivity index (χ2n) is 5.53. The Hall–Kier alpha value is -0.320. The van der Waals surface area contributed by atoms with Gasteiger partial charge >= 0.3 is 0 Å². The maximum atomic E-state index is 12.1. The number of carbonyl (C=O) groups excluding carboxylic acids is 1. The lowest BCUT2D eigenvalue weighted by Crippen LogP contribution is -2.37. The van der Waals surface area contributed by atoms with Gasteiger partial charge in [0.05, 0.1) is 6.61 Å². The molecule has 0 heterocycles. The fourth-order valence-electron chi connectivity index (χ4n) is 2.83. The highest BCUT2D eigenvalue weighted by Crippen LogP contribution is 2.31. The maximum absolute atomic E-state index is 12.1. The number of halogens is 1. The second kappa shape index (κ2) is 12.4. The summed E-state index contributed by atoms with van der Waals surface area (Å²) < 4.78 is 4.95. The molecule has 1 atom stereocenters. The molecule has 5 heteroatoms. The van der Waals surface area contributed by atoms with Gasteiger partial charge in [0.2, 0.25) is 5.91 Å². The number of amides is 1. The molecule has 4 nitrogen and oxygen atoms in total. The van der Waals surface area contributed by atoms with E-state index >= 15 is 0 Å². The van der Waals surface area contributed by atoms with Crippen molar-refractivity contribution in [2.24, 2.45) is 11.8 Å². The zero-order valence-electron chi connectivity index (χ0n) is 13.0. The zero-order valence-corrected chi connectivity index (χ0v) is 13.8. The quantitative estimate of drug-likeness (QED) is 0.609. The van der Waals surface area contributed by atoms with E-state index in [0.29, 0.717) is 13.2 Å². The highest BCUT2D eigenvalue weighted by molar-refractivity contribution is 5.85. The summed E-state index contributed by atoms with van der Waals surface area (Å²) in [6.45, 7) is 5.20. The zero-order chi connectivity index (χ0) is 13.9. The SMILES string of the molecule is CCC(CC1CCCC1)C(=O)NCCNCCOC.Cl. The predicted molar refractivity (Wildman–Crippen MR) is 85.4 cm³/mol. The minimum absolute atomic E-state index is 0. The van der Waals surface area contributed by atoms with Gasteiger partial charge in [-0.15, -0.1) is 12.4 Å². The molecule has 2 N–H and O–H groups in total. The van der Waals surface area contributed by atoms with Crippen molar-refractivity contribution in [2.75, 3.05) is 33.4 Å². The van der Waals surface area contributed by atoms with Gasteiger partial charge in [-0.2, -0.15) is 0 Å². The molecule has 0 spiro atoms. The van der Waals surface area contributed by atoms with E-state index in [1.54, 1.807) is 7.11 Å². The Morgan fingerprint density at radius 2 is 1.95 bits per heavy atom. The molecule has 0 aliphatic heterocycles. The van der Waals surface area contributed by atoms with Gasteiger partial charge in [-0.3, -0.25) is 4.79 Å². The third-order valence-corrected chi connectivity index (χ3v) is 4.04. The molecule has 1 fully saturated rings. The van der Waals surface area contributed by atoms with Crippen LogP contribution >= 0.6 is 12.4 Å². The second-order valence-corrected chi connectivity index (χ2v) is 5.53. The third kappa shape index (κ3) is 8.08. The van der Waals surface area contributed by atoms with E-state index in [0.717, 1.165) is 31.8 Å². The van der Waals surface area contributed by atoms with Crippen LogP contribution in [0.5, 0.6) is 0 Å².